The maximum Gasteiger partial charge on any atom is 0.256 e. The Labute approximate surface area is 107 Å². The first-order chi connectivity index (χ1) is 7.97. The average Bonchev–Trinajstić information content (AvgIpc) is 2.28. The van der Waals surface area contributed by atoms with Crippen LogP contribution in [0.15, 0.2) is 6.07 Å². The summed E-state index contributed by atoms with van der Waals surface area (Å²) in [6, 6.07) is 1.89. The number of hydrogen-bond donors (Lipinski definition) is 0. The molecule has 1 amide bonds. The van der Waals surface area contributed by atoms with Gasteiger partial charge < -0.3 is 4.90 Å². The molecule has 1 aromatic rings. The second-order valence-electron chi connectivity index (χ2n) is 4.27. The first-order valence-corrected chi connectivity index (χ1v) is 6.18. The van der Waals surface area contributed by atoms with Gasteiger partial charge in [-0.2, -0.15) is 10.2 Å². The van der Waals surface area contributed by atoms with Crippen LogP contribution in [-0.2, 0) is 0 Å². The van der Waals surface area contributed by atoms with Crippen molar-refractivity contribution in [3.05, 3.63) is 23.0 Å². The van der Waals surface area contributed by atoms with Crippen molar-refractivity contribution in [1.82, 2.24) is 15.1 Å². The minimum Gasteiger partial charge on any atom is -0.335 e. The predicted octanol–water partition coefficient (Wildman–Crippen LogP) is 2.18. The molecule has 0 saturated carbocycles. The second kappa shape index (κ2) is 5.96. The maximum atomic E-state index is 12.3. The number of halogens is 1. The van der Waals surface area contributed by atoms with Gasteiger partial charge in [-0.3, -0.25) is 4.79 Å². The number of amides is 1. The van der Waals surface area contributed by atoms with Crippen molar-refractivity contribution in [1.29, 1.82) is 0 Å². The third kappa shape index (κ3) is 3.40. The molecule has 0 aliphatic heterocycles. The smallest absolute Gasteiger partial charge is 0.256 e. The summed E-state index contributed by atoms with van der Waals surface area (Å²) in [5.74, 6) is 0.400. The Morgan fingerprint density at radius 1 is 1.41 bits per heavy atom. The van der Waals surface area contributed by atoms with Gasteiger partial charge in [0.2, 0.25) is 0 Å². The van der Waals surface area contributed by atoms with Gasteiger partial charge in [-0.25, -0.2) is 0 Å². The molecule has 0 unspecified atom stereocenters. The number of carbonyl (C=O) groups excluding carboxylic acids is 1. The van der Waals surface area contributed by atoms with Gasteiger partial charge in [-0.05, 0) is 33.8 Å². The van der Waals surface area contributed by atoms with E-state index in [-0.39, 0.29) is 11.9 Å². The van der Waals surface area contributed by atoms with Crippen molar-refractivity contribution in [2.24, 2.45) is 0 Å². The summed E-state index contributed by atoms with van der Waals surface area (Å²) in [6.45, 7) is 8.10. The van der Waals surface area contributed by atoms with Crippen molar-refractivity contribution >= 4 is 17.5 Å². The zero-order chi connectivity index (χ0) is 13.0. The molecule has 0 aliphatic carbocycles. The van der Waals surface area contributed by atoms with Gasteiger partial charge in [0, 0.05) is 18.5 Å². The van der Waals surface area contributed by atoms with Gasteiger partial charge in [-0.15, -0.1) is 11.6 Å². The molecule has 5 heteroatoms. The van der Waals surface area contributed by atoms with Crippen molar-refractivity contribution in [3.8, 4) is 0 Å². The van der Waals surface area contributed by atoms with E-state index in [9.17, 15) is 4.79 Å². The molecule has 0 aliphatic rings. The highest BCUT2D eigenvalue weighted by atomic mass is 35.5. The number of alkyl halides is 1. The fourth-order valence-corrected chi connectivity index (χ4v) is 1.79. The molecular weight excluding hydrogens is 238 g/mol. The highest BCUT2D eigenvalue weighted by Gasteiger charge is 2.20. The summed E-state index contributed by atoms with van der Waals surface area (Å²) in [5.41, 5.74) is 2.01. The molecule has 0 saturated heterocycles. The van der Waals surface area contributed by atoms with E-state index in [0.717, 1.165) is 5.69 Å². The Balaban J connectivity index is 3.04. The van der Waals surface area contributed by atoms with Crippen molar-refractivity contribution in [3.63, 3.8) is 0 Å². The summed E-state index contributed by atoms with van der Waals surface area (Å²) in [6.07, 6.45) is 0. The molecule has 0 N–H and O–H groups in total. The third-order valence-corrected chi connectivity index (χ3v) is 2.71. The number of rotatable bonds is 4. The van der Waals surface area contributed by atoms with Gasteiger partial charge in [0.25, 0.3) is 5.91 Å². The Kier molecular flexibility index (Phi) is 4.87. The average molecular weight is 256 g/mol. The normalized spacial score (nSPS) is 10.7. The van der Waals surface area contributed by atoms with E-state index in [1.807, 2.05) is 20.8 Å². The number of nitrogens with zero attached hydrogens (tertiary/aromatic N) is 3. The number of hydrogen-bond acceptors (Lipinski definition) is 3. The zero-order valence-corrected chi connectivity index (χ0v) is 11.5. The monoisotopic (exact) mass is 255 g/mol. The van der Waals surface area contributed by atoms with Crippen molar-refractivity contribution in [2.45, 2.75) is 33.7 Å². The standard InChI is InChI=1S/C12H18ClN3O/c1-8(2)16(6-5-13)12(17)11-7-9(3)14-15-10(11)4/h7-8H,5-6H2,1-4H3. The summed E-state index contributed by atoms with van der Waals surface area (Å²) >= 11 is 5.72. The van der Waals surface area contributed by atoms with Crippen molar-refractivity contribution in [2.75, 3.05) is 12.4 Å². The molecule has 4 nitrogen and oxygen atoms in total. The first kappa shape index (κ1) is 13.9. The first-order valence-electron chi connectivity index (χ1n) is 5.65. The maximum absolute atomic E-state index is 12.3. The fraction of sp³-hybridized carbons (Fsp3) is 0.583. The van der Waals surface area contributed by atoms with E-state index in [4.69, 9.17) is 11.6 Å². The summed E-state index contributed by atoms with van der Waals surface area (Å²) in [7, 11) is 0. The zero-order valence-electron chi connectivity index (χ0n) is 10.7. The van der Waals surface area contributed by atoms with E-state index in [0.29, 0.717) is 23.7 Å². The lowest BCUT2D eigenvalue weighted by molar-refractivity contribution is 0.0716. The lowest BCUT2D eigenvalue weighted by Gasteiger charge is -2.26. The van der Waals surface area contributed by atoms with Crippen LogP contribution < -0.4 is 0 Å². The Morgan fingerprint density at radius 3 is 2.59 bits per heavy atom. The van der Waals surface area contributed by atoms with Gasteiger partial charge in [0.05, 0.1) is 17.0 Å². The number of aromatic nitrogens is 2. The molecule has 0 atom stereocenters. The van der Waals surface area contributed by atoms with Gasteiger partial charge in [0.15, 0.2) is 0 Å². The van der Waals surface area contributed by atoms with Crippen LogP contribution in [0, 0.1) is 13.8 Å². The Morgan fingerprint density at radius 2 is 2.06 bits per heavy atom. The second-order valence-corrected chi connectivity index (χ2v) is 4.64. The molecule has 94 valence electrons. The molecule has 0 aromatic carbocycles. The number of carbonyl (C=O) groups is 1. The summed E-state index contributed by atoms with van der Waals surface area (Å²) in [5, 5.41) is 7.90. The van der Waals surface area contributed by atoms with Crippen LogP contribution in [-0.4, -0.2) is 39.5 Å². The van der Waals surface area contributed by atoms with Gasteiger partial charge in [-0.1, -0.05) is 0 Å². The van der Waals surface area contributed by atoms with E-state index >= 15 is 0 Å². The van der Waals surface area contributed by atoms with Crippen molar-refractivity contribution < 1.29 is 4.79 Å². The Bertz CT molecular complexity index is 407. The van der Waals surface area contributed by atoms with Gasteiger partial charge >= 0.3 is 0 Å². The fourth-order valence-electron chi connectivity index (χ4n) is 1.61. The minimum atomic E-state index is -0.0313. The van der Waals surface area contributed by atoms with Crippen LogP contribution in [0.3, 0.4) is 0 Å². The van der Waals surface area contributed by atoms with Crippen LogP contribution in [0.2, 0.25) is 0 Å². The molecule has 0 bridgehead atoms. The van der Waals surface area contributed by atoms with Crippen LogP contribution in [0.1, 0.15) is 35.6 Å². The lowest BCUT2D eigenvalue weighted by Crippen LogP contribution is -2.38. The van der Waals surface area contributed by atoms with E-state index in [1.54, 1.807) is 17.9 Å². The molecule has 0 spiro atoms. The summed E-state index contributed by atoms with van der Waals surface area (Å²) in [4.78, 5) is 14.1. The molecule has 0 fully saturated rings. The van der Waals surface area contributed by atoms with E-state index in [2.05, 4.69) is 10.2 Å². The number of aryl methyl sites for hydroxylation is 2. The quantitative estimate of drug-likeness (QED) is 0.775. The molecule has 1 aromatic heterocycles. The molecule has 0 radical (unpaired) electrons. The van der Waals surface area contributed by atoms with E-state index < -0.39 is 0 Å². The molecule has 1 rings (SSSR count). The predicted molar refractivity (Wildman–Crippen MR) is 68.4 cm³/mol. The highest BCUT2D eigenvalue weighted by Crippen LogP contribution is 2.12. The molecule has 1 heterocycles. The van der Waals surface area contributed by atoms with Crippen LogP contribution in [0.4, 0.5) is 0 Å². The SMILES string of the molecule is Cc1cc(C(=O)N(CCCl)C(C)C)c(C)nn1. The molecular formula is C12H18ClN3O. The molecule has 17 heavy (non-hydrogen) atoms. The van der Waals surface area contributed by atoms with Crippen LogP contribution in [0.25, 0.3) is 0 Å². The minimum absolute atomic E-state index is 0.0313. The Hall–Kier alpha value is -1.16. The van der Waals surface area contributed by atoms with Crippen LogP contribution in [0.5, 0.6) is 0 Å². The topological polar surface area (TPSA) is 46.1 Å². The lowest BCUT2D eigenvalue weighted by atomic mass is 10.1. The highest BCUT2D eigenvalue weighted by molar-refractivity contribution is 6.18. The largest absolute Gasteiger partial charge is 0.335 e. The van der Waals surface area contributed by atoms with E-state index in [1.165, 1.54) is 0 Å². The summed E-state index contributed by atoms with van der Waals surface area (Å²) < 4.78 is 0. The van der Waals surface area contributed by atoms with Crippen LogP contribution >= 0.6 is 11.6 Å². The third-order valence-electron chi connectivity index (χ3n) is 2.54. The van der Waals surface area contributed by atoms with Gasteiger partial charge in [0.1, 0.15) is 0 Å².